The van der Waals surface area contributed by atoms with Crippen LogP contribution in [0.2, 0.25) is 0 Å². The Bertz CT molecular complexity index is 1410. The van der Waals surface area contributed by atoms with E-state index >= 15 is 0 Å². The Labute approximate surface area is 339 Å². The molecule has 9 atom stereocenters. The van der Waals surface area contributed by atoms with Crippen LogP contribution in [-0.2, 0) is 39.9 Å². The lowest BCUT2D eigenvalue weighted by atomic mass is 9.76. The van der Waals surface area contributed by atoms with Gasteiger partial charge >= 0.3 is 0 Å². The summed E-state index contributed by atoms with van der Waals surface area (Å²) in [5, 5.41) is 0. The SMILES string of the molecule is CC[C@H](C)C([C@@H](CC(=O)N1CCC[C@H]1[C@H](OC)[C@@H](C)C(=O)C[C@@H](Cc1ccccc1)C(=O)C(C)(C)C)OC)N(C)C(=O)[C@@H](CC(=O)[C@H](C(C)C)N(C)C)C(C)C. The summed E-state index contributed by atoms with van der Waals surface area (Å²) in [6, 6.07) is 8.79. The van der Waals surface area contributed by atoms with Crippen LogP contribution in [0.1, 0.15) is 113 Å². The van der Waals surface area contributed by atoms with Gasteiger partial charge in [-0.2, -0.15) is 0 Å². The van der Waals surface area contributed by atoms with E-state index in [-0.39, 0.29) is 78.3 Å². The minimum Gasteiger partial charge on any atom is -0.379 e. The van der Waals surface area contributed by atoms with Gasteiger partial charge in [0, 0.05) is 63.8 Å². The van der Waals surface area contributed by atoms with Crippen molar-refractivity contribution in [3.05, 3.63) is 35.9 Å². The summed E-state index contributed by atoms with van der Waals surface area (Å²) in [5.74, 6) is -1.64. The summed E-state index contributed by atoms with van der Waals surface area (Å²) in [7, 11) is 8.76. The van der Waals surface area contributed by atoms with Gasteiger partial charge in [-0.25, -0.2) is 0 Å². The van der Waals surface area contributed by atoms with E-state index in [0.29, 0.717) is 19.4 Å². The van der Waals surface area contributed by atoms with Crippen molar-refractivity contribution >= 4 is 29.2 Å². The third kappa shape index (κ3) is 13.0. The summed E-state index contributed by atoms with van der Waals surface area (Å²) >= 11 is 0. The lowest BCUT2D eigenvalue weighted by Crippen LogP contribution is -2.54. The van der Waals surface area contributed by atoms with Crippen molar-refractivity contribution in [3.63, 3.8) is 0 Å². The van der Waals surface area contributed by atoms with E-state index in [0.717, 1.165) is 18.4 Å². The number of nitrogens with zero attached hydrogens (tertiary/aromatic N) is 3. The molecule has 1 saturated heterocycles. The van der Waals surface area contributed by atoms with Crippen LogP contribution in [-0.4, -0.2) is 116 Å². The van der Waals surface area contributed by atoms with E-state index in [9.17, 15) is 24.0 Å². The minimum atomic E-state index is -0.599. The molecule has 1 aromatic rings. The first kappa shape index (κ1) is 49.2. The second kappa shape index (κ2) is 22.3. The number of ether oxygens (including phenoxy) is 2. The molecule has 10 heteroatoms. The second-order valence-electron chi connectivity index (χ2n) is 18.4. The zero-order chi connectivity index (χ0) is 42.7. The van der Waals surface area contributed by atoms with Crippen molar-refractivity contribution in [2.45, 2.75) is 145 Å². The summed E-state index contributed by atoms with van der Waals surface area (Å²) in [4.78, 5) is 75.4. The number of carbonyl (C=O) groups is 5. The van der Waals surface area contributed by atoms with Gasteiger partial charge in [0.15, 0.2) is 5.78 Å². The third-order valence-corrected chi connectivity index (χ3v) is 12.3. The highest BCUT2D eigenvalue weighted by atomic mass is 16.5. The van der Waals surface area contributed by atoms with E-state index in [1.807, 2.05) is 110 Å². The maximum atomic E-state index is 14.3. The van der Waals surface area contributed by atoms with Gasteiger partial charge in [-0.05, 0) is 56.7 Å². The molecule has 0 aromatic heterocycles. The van der Waals surface area contributed by atoms with E-state index in [1.54, 1.807) is 26.2 Å². The average molecular weight is 784 g/mol. The molecule has 1 aliphatic rings. The minimum absolute atomic E-state index is 0.00813. The largest absolute Gasteiger partial charge is 0.379 e. The van der Waals surface area contributed by atoms with Crippen LogP contribution in [0.15, 0.2) is 30.3 Å². The first-order chi connectivity index (χ1) is 26.1. The molecule has 1 aromatic carbocycles. The number of likely N-dealkylation sites (N-methyl/N-ethyl adjacent to an activating group) is 2. The molecule has 56 heavy (non-hydrogen) atoms. The summed E-state index contributed by atoms with van der Waals surface area (Å²) in [6.45, 7) is 20.2. The molecule has 0 aliphatic carbocycles. The number of hydrogen-bond donors (Lipinski definition) is 0. The number of carbonyl (C=O) groups excluding carboxylic acids is 5. The predicted octanol–water partition coefficient (Wildman–Crippen LogP) is 7.16. The molecular weight excluding hydrogens is 707 g/mol. The Morgan fingerprint density at radius 3 is 1.93 bits per heavy atom. The van der Waals surface area contributed by atoms with Gasteiger partial charge in [0.05, 0.1) is 36.8 Å². The fourth-order valence-electron chi connectivity index (χ4n) is 9.00. The molecule has 318 valence electrons. The zero-order valence-electron chi connectivity index (χ0n) is 37.6. The number of benzene rings is 1. The molecular formula is C46H77N3O7. The smallest absolute Gasteiger partial charge is 0.226 e. The summed E-state index contributed by atoms with van der Waals surface area (Å²) < 4.78 is 12.1. The molecule has 0 spiro atoms. The molecule has 1 unspecified atom stereocenters. The lowest BCUT2D eigenvalue weighted by molar-refractivity contribution is -0.149. The molecule has 0 saturated carbocycles. The van der Waals surface area contributed by atoms with Gasteiger partial charge < -0.3 is 19.3 Å². The Morgan fingerprint density at radius 2 is 1.45 bits per heavy atom. The van der Waals surface area contributed by atoms with Crippen LogP contribution in [0.5, 0.6) is 0 Å². The molecule has 0 N–H and O–H groups in total. The van der Waals surface area contributed by atoms with Crippen molar-refractivity contribution < 1.29 is 33.4 Å². The van der Waals surface area contributed by atoms with Gasteiger partial charge in [-0.3, -0.25) is 28.9 Å². The average Bonchev–Trinajstić information content (AvgIpc) is 3.62. The van der Waals surface area contributed by atoms with Crippen molar-refractivity contribution in [1.29, 1.82) is 0 Å². The van der Waals surface area contributed by atoms with Crippen molar-refractivity contribution in [2.75, 3.05) is 41.9 Å². The van der Waals surface area contributed by atoms with Crippen LogP contribution in [0.25, 0.3) is 0 Å². The predicted molar refractivity (Wildman–Crippen MR) is 224 cm³/mol. The lowest BCUT2D eigenvalue weighted by Gasteiger charge is -2.41. The first-order valence-electron chi connectivity index (χ1n) is 21.0. The molecule has 10 nitrogen and oxygen atoms in total. The number of hydrogen-bond acceptors (Lipinski definition) is 8. The normalized spacial score (nSPS) is 19.3. The highest BCUT2D eigenvalue weighted by molar-refractivity contribution is 5.92. The Balaban J connectivity index is 2.32. The second-order valence-corrected chi connectivity index (χ2v) is 18.4. The highest BCUT2D eigenvalue weighted by Crippen LogP contribution is 2.33. The van der Waals surface area contributed by atoms with Crippen molar-refractivity contribution in [1.82, 2.24) is 14.7 Å². The molecule has 0 radical (unpaired) electrons. The first-order valence-corrected chi connectivity index (χ1v) is 21.0. The number of Topliss-reactive ketones (excluding diaryl/α,β-unsaturated/α-hetero) is 3. The number of ketones is 3. The monoisotopic (exact) mass is 784 g/mol. The maximum absolute atomic E-state index is 14.3. The van der Waals surface area contributed by atoms with Crippen LogP contribution >= 0.6 is 0 Å². The fourth-order valence-corrected chi connectivity index (χ4v) is 9.00. The molecule has 2 rings (SSSR count). The van der Waals surface area contributed by atoms with Crippen LogP contribution < -0.4 is 0 Å². The van der Waals surface area contributed by atoms with Crippen molar-refractivity contribution in [2.24, 2.45) is 40.9 Å². The fraction of sp³-hybridized carbons (Fsp3) is 0.761. The molecule has 2 amide bonds. The Hall–Kier alpha value is -2.95. The van der Waals surface area contributed by atoms with Crippen LogP contribution in [0.4, 0.5) is 0 Å². The summed E-state index contributed by atoms with van der Waals surface area (Å²) in [5.41, 5.74) is 0.414. The Kier molecular flexibility index (Phi) is 19.6. The van der Waals surface area contributed by atoms with Crippen molar-refractivity contribution in [3.8, 4) is 0 Å². The maximum Gasteiger partial charge on any atom is 0.226 e. The van der Waals surface area contributed by atoms with Gasteiger partial charge in [-0.15, -0.1) is 0 Å². The quantitative estimate of drug-likeness (QED) is 0.115. The van der Waals surface area contributed by atoms with Crippen LogP contribution in [0.3, 0.4) is 0 Å². The highest BCUT2D eigenvalue weighted by Gasteiger charge is 2.44. The zero-order valence-corrected chi connectivity index (χ0v) is 37.6. The standard InChI is InChI=1S/C46H77N3O7/c1-16-31(6)42(48(13)45(54)35(29(2)3)27-38(51)41(30(4)5)47(11)12)39(55-14)28-40(52)49-24-20-23-36(49)43(56-15)32(7)37(50)26-34(44(53)46(8,9)10)25-33-21-18-17-19-22-33/h17-19,21-22,29-32,34-36,39,41-43H,16,20,23-28H2,1-15H3/t31-,32-,34+,35-,36-,39+,41-,42?,43+/m0/s1. The molecule has 1 fully saturated rings. The van der Waals surface area contributed by atoms with Gasteiger partial charge in [-0.1, -0.05) is 106 Å². The van der Waals surface area contributed by atoms with E-state index < -0.39 is 41.4 Å². The van der Waals surface area contributed by atoms with E-state index in [4.69, 9.17) is 9.47 Å². The number of rotatable bonds is 23. The van der Waals surface area contributed by atoms with Gasteiger partial charge in [0.25, 0.3) is 0 Å². The van der Waals surface area contributed by atoms with Crippen LogP contribution in [0, 0.1) is 40.9 Å². The number of amides is 2. The number of likely N-dealkylation sites (tertiary alicyclic amines) is 1. The third-order valence-electron chi connectivity index (χ3n) is 12.3. The Morgan fingerprint density at radius 1 is 0.839 bits per heavy atom. The van der Waals surface area contributed by atoms with E-state index in [2.05, 4.69) is 13.8 Å². The number of methoxy groups -OCH3 is 2. The molecule has 0 bridgehead atoms. The summed E-state index contributed by atoms with van der Waals surface area (Å²) in [6.07, 6.45) is 1.87. The topological polar surface area (TPSA) is 114 Å². The molecule has 1 heterocycles. The van der Waals surface area contributed by atoms with Gasteiger partial charge in [0.1, 0.15) is 11.6 Å². The van der Waals surface area contributed by atoms with E-state index in [1.165, 1.54) is 0 Å². The molecule has 1 aliphatic heterocycles. The van der Waals surface area contributed by atoms with Gasteiger partial charge in [0.2, 0.25) is 11.8 Å².